The van der Waals surface area contributed by atoms with Gasteiger partial charge in [0.15, 0.2) is 5.75 Å². The van der Waals surface area contributed by atoms with Crippen molar-refractivity contribution in [1.29, 1.82) is 0 Å². The van der Waals surface area contributed by atoms with E-state index in [0.29, 0.717) is 17.7 Å². The highest BCUT2D eigenvalue weighted by molar-refractivity contribution is 5.32. The first kappa shape index (κ1) is 14.1. The zero-order valence-corrected chi connectivity index (χ0v) is 12.1. The topological polar surface area (TPSA) is 50.3 Å². The van der Waals surface area contributed by atoms with Gasteiger partial charge >= 0.3 is 0 Å². The molecule has 2 rings (SSSR count). The summed E-state index contributed by atoms with van der Waals surface area (Å²) in [4.78, 5) is 11.1. The average molecular weight is 264 g/mol. The van der Waals surface area contributed by atoms with Gasteiger partial charge < -0.3 is 15.0 Å². The summed E-state index contributed by atoms with van der Waals surface area (Å²) < 4.78 is 5.11. The third kappa shape index (κ3) is 4.06. The van der Waals surface area contributed by atoms with Gasteiger partial charge in [0.2, 0.25) is 5.95 Å². The van der Waals surface area contributed by atoms with E-state index in [-0.39, 0.29) is 0 Å². The number of nitrogens with zero attached hydrogens (tertiary/aromatic N) is 3. The molecule has 1 fully saturated rings. The van der Waals surface area contributed by atoms with Crippen LogP contribution in [0.3, 0.4) is 0 Å². The molecule has 1 N–H and O–H groups in total. The monoisotopic (exact) mass is 264 g/mol. The largest absolute Gasteiger partial charge is 0.494 e. The zero-order chi connectivity index (χ0) is 13.7. The summed E-state index contributed by atoms with van der Waals surface area (Å²) >= 11 is 0. The second kappa shape index (κ2) is 6.70. The van der Waals surface area contributed by atoms with Crippen molar-refractivity contribution in [2.24, 2.45) is 5.92 Å². The third-order valence-corrected chi connectivity index (χ3v) is 3.32. The molecule has 0 spiro atoms. The van der Waals surface area contributed by atoms with E-state index in [2.05, 4.69) is 34.0 Å². The lowest BCUT2D eigenvalue weighted by atomic mass is 10.1. The minimum Gasteiger partial charge on any atom is -0.494 e. The Labute approximate surface area is 115 Å². The number of anilines is 1. The highest BCUT2D eigenvalue weighted by Gasteiger charge is 2.20. The van der Waals surface area contributed by atoms with Crippen molar-refractivity contribution in [2.75, 3.05) is 31.6 Å². The lowest BCUT2D eigenvalue weighted by Gasteiger charge is -2.27. The molecule has 1 aliphatic rings. The van der Waals surface area contributed by atoms with E-state index in [9.17, 15) is 0 Å². The van der Waals surface area contributed by atoms with Crippen LogP contribution in [-0.2, 0) is 0 Å². The Morgan fingerprint density at radius 2 is 2.16 bits per heavy atom. The molecule has 2 heterocycles. The van der Waals surface area contributed by atoms with Crippen molar-refractivity contribution in [3.63, 3.8) is 0 Å². The first-order valence-corrected chi connectivity index (χ1v) is 7.03. The minimum absolute atomic E-state index is 0.560. The molecule has 0 aromatic carbocycles. The van der Waals surface area contributed by atoms with E-state index in [1.54, 1.807) is 19.5 Å². The van der Waals surface area contributed by atoms with Crippen molar-refractivity contribution >= 4 is 5.95 Å². The standard InChI is InChI=1S/C14H24N4O/c1-11(2)9-18(10-12-5-4-6-15-12)14-16-7-13(19-3)8-17-14/h7-8,11-12,15H,4-6,9-10H2,1-3H3. The number of nitrogens with one attached hydrogen (secondary N) is 1. The number of methoxy groups -OCH3 is 1. The van der Waals surface area contributed by atoms with E-state index in [1.807, 2.05) is 0 Å². The Kier molecular flexibility index (Phi) is 4.96. The summed E-state index contributed by atoms with van der Waals surface area (Å²) in [5.74, 6) is 2.09. The Morgan fingerprint density at radius 3 is 2.68 bits per heavy atom. The predicted octanol–water partition coefficient (Wildman–Crippen LogP) is 1.70. The number of hydrogen-bond donors (Lipinski definition) is 1. The number of rotatable bonds is 6. The summed E-state index contributed by atoms with van der Waals surface area (Å²) in [5.41, 5.74) is 0. The summed E-state index contributed by atoms with van der Waals surface area (Å²) in [6.45, 7) is 7.52. The van der Waals surface area contributed by atoms with Crippen LogP contribution < -0.4 is 15.0 Å². The molecule has 106 valence electrons. The fourth-order valence-corrected chi connectivity index (χ4v) is 2.44. The van der Waals surface area contributed by atoms with Crippen LogP contribution in [0.1, 0.15) is 26.7 Å². The van der Waals surface area contributed by atoms with Gasteiger partial charge in [-0.25, -0.2) is 9.97 Å². The van der Waals surface area contributed by atoms with E-state index < -0.39 is 0 Å². The Hall–Kier alpha value is -1.36. The van der Waals surface area contributed by atoms with Crippen molar-refractivity contribution in [3.05, 3.63) is 12.4 Å². The summed E-state index contributed by atoms with van der Waals surface area (Å²) in [7, 11) is 1.63. The maximum absolute atomic E-state index is 5.11. The molecule has 1 unspecified atom stereocenters. The third-order valence-electron chi connectivity index (χ3n) is 3.32. The lowest BCUT2D eigenvalue weighted by molar-refractivity contribution is 0.410. The Morgan fingerprint density at radius 1 is 1.42 bits per heavy atom. The molecule has 1 saturated heterocycles. The minimum atomic E-state index is 0.560. The van der Waals surface area contributed by atoms with Crippen LogP contribution >= 0.6 is 0 Å². The molecule has 1 aliphatic heterocycles. The van der Waals surface area contributed by atoms with Gasteiger partial charge in [0.1, 0.15) is 0 Å². The van der Waals surface area contributed by atoms with Gasteiger partial charge in [-0.1, -0.05) is 13.8 Å². The number of aromatic nitrogens is 2. The maximum Gasteiger partial charge on any atom is 0.225 e. The Balaban J connectivity index is 2.05. The predicted molar refractivity (Wildman–Crippen MR) is 76.7 cm³/mol. The summed E-state index contributed by atoms with van der Waals surface area (Å²) in [5, 5.41) is 3.53. The van der Waals surface area contributed by atoms with Crippen LogP contribution in [-0.4, -0.2) is 42.8 Å². The molecule has 0 amide bonds. The average Bonchev–Trinajstić information content (AvgIpc) is 2.90. The van der Waals surface area contributed by atoms with E-state index >= 15 is 0 Å². The van der Waals surface area contributed by atoms with Crippen molar-refractivity contribution < 1.29 is 4.74 Å². The smallest absolute Gasteiger partial charge is 0.225 e. The van der Waals surface area contributed by atoms with Gasteiger partial charge in [0.05, 0.1) is 19.5 Å². The number of ether oxygens (including phenoxy) is 1. The fraction of sp³-hybridized carbons (Fsp3) is 0.714. The fourth-order valence-electron chi connectivity index (χ4n) is 2.44. The molecular weight excluding hydrogens is 240 g/mol. The molecule has 0 saturated carbocycles. The molecular formula is C14H24N4O. The SMILES string of the molecule is COc1cnc(N(CC(C)C)CC2CCCN2)nc1. The van der Waals surface area contributed by atoms with Gasteiger partial charge in [-0.3, -0.25) is 0 Å². The number of hydrogen-bond acceptors (Lipinski definition) is 5. The van der Waals surface area contributed by atoms with Gasteiger partial charge in [-0.05, 0) is 25.3 Å². The van der Waals surface area contributed by atoms with Crippen LogP contribution in [0.4, 0.5) is 5.95 Å². The molecule has 0 bridgehead atoms. The second-order valence-electron chi connectivity index (χ2n) is 5.51. The molecule has 0 radical (unpaired) electrons. The van der Waals surface area contributed by atoms with Gasteiger partial charge in [-0.15, -0.1) is 0 Å². The highest BCUT2D eigenvalue weighted by Crippen LogP contribution is 2.16. The van der Waals surface area contributed by atoms with Crippen LogP contribution in [0, 0.1) is 5.92 Å². The van der Waals surface area contributed by atoms with E-state index in [1.165, 1.54) is 12.8 Å². The van der Waals surface area contributed by atoms with Gasteiger partial charge in [-0.2, -0.15) is 0 Å². The highest BCUT2D eigenvalue weighted by atomic mass is 16.5. The molecule has 0 aliphatic carbocycles. The van der Waals surface area contributed by atoms with Crippen LogP contribution in [0.2, 0.25) is 0 Å². The van der Waals surface area contributed by atoms with Crippen LogP contribution in [0.15, 0.2) is 12.4 Å². The van der Waals surface area contributed by atoms with Gasteiger partial charge in [0, 0.05) is 19.1 Å². The van der Waals surface area contributed by atoms with Crippen molar-refractivity contribution in [3.8, 4) is 5.75 Å². The molecule has 5 heteroatoms. The lowest BCUT2D eigenvalue weighted by Crippen LogP contribution is -2.40. The molecule has 1 aromatic rings. The molecule has 19 heavy (non-hydrogen) atoms. The van der Waals surface area contributed by atoms with E-state index in [0.717, 1.165) is 25.6 Å². The summed E-state index contributed by atoms with van der Waals surface area (Å²) in [6, 6.07) is 0.560. The summed E-state index contributed by atoms with van der Waals surface area (Å²) in [6.07, 6.45) is 5.98. The quantitative estimate of drug-likeness (QED) is 0.847. The van der Waals surface area contributed by atoms with Crippen LogP contribution in [0.5, 0.6) is 5.75 Å². The Bertz CT molecular complexity index is 374. The first-order chi connectivity index (χ1) is 9.19. The van der Waals surface area contributed by atoms with Crippen molar-refractivity contribution in [1.82, 2.24) is 15.3 Å². The zero-order valence-electron chi connectivity index (χ0n) is 12.1. The van der Waals surface area contributed by atoms with Crippen molar-refractivity contribution in [2.45, 2.75) is 32.7 Å². The van der Waals surface area contributed by atoms with Gasteiger partial charge in [0.25, 0.3) is 0 Å². The molecule has 1 aromatic heterocycles. The first-order valence-electron chi connectivity index (χ1n) is 7.03. The normalized spacial score (nSPS) is 18.8. The van der Waals surface area contributed by atoms with Crippen LogP contribution in [0.25, 0.3) is 0 Å². The van der Waals surface area contributed by atoms with E-state index in [4.69, 9.17) is 4.74 Å². The second-order valence-corrected chi connectivity index (χ2v) is 5.51. The maximum atomic E-state index is 5.11. The molecule has 5 nitrogen and oxygen atoms in total. The molecule has 1 atom stereocenters.